The summed E-state index contributed by atoms with van der Waals surface area (Å²) >= 11 is 0. The van der Waals surface area contributed by atoms with Gasteiger partial charge >= 0.3 is 5.97 Å². The third-order valence-electron chi connectivity index (χ3n) is 7.10. The maximum atomic E-state index is 12.3. The number of pyridine rings is 1. The Bertz CT molecular complexity index is 1220. The first-order valence-corrected chi connectivity index (χ1v) is 12.7. The van der Waals surface area contributed by atoms with Crippen molar-refractivity contribution in [2.75, 3.05) is 13.2 Å². The van der Waals surface area contributed by atoms with Crippen molar-refractivity contribution in [2.24, 2.45) is 24.8 Å². The summed E-state index contributed by atoms with van der Waals surface area (Å²) in [6.07, 6.45) is 5.93. The molecule has 3 heterocycles. The molecule has 7 heteroatoms. The van der Waals surface area contributed by atoms with Crippen LogP contribution in [-0.4, -0.2) is 38.4 Å². The van der Waals surface area contributed by atoms with E-state index in [1.54, 1.807) is 11.6 Å². The molecule has 1 aliphatic rings. The fourth-order valence-corrected chi connectivity index (χ4v) is 5.18. The summed E-state index contributed by atoms with van der Waals surface area (Å²) in [6, 6.07) is 8.25. The van der Waals surface area contributed by atoms with E-state index in [0.29, 0.717) is 36.7 Å². The number of nitrogens with zero attached hydrogens (tertiary/aromatic N) is 3. The third kappa shape index (κ3) is 5.84. The van der Waals surface area contributed by atoms with Gasteiger partial charge in [0.25, 0.3) is 5.56 Å². The molecule has 3 aromatic rings. The highest BCUT2D eigenvalue weighted by Crippen LogP contribution is 2.29. The lowest BCUT2D eigenvalue weighted by Crippen LogP contribution is -2.21. The van der Waals surface area contributed by atoms with Gasteiger partial charge in [-0.3, -0.25) is 9.59 Å². The number of hydrogen-bond donors (Lipinski definition) is 1. The number of carbonyl (C=O) groups is 1. The third-order valence-corrected chi connectivity index (χ3v) is 7.10. The Morgan fingerprint density at radius 1 is 1.23 bits per heavy atom. The predicted octanol–water partition coefficient (Wildman–Crippen LogP) is 4.82. The fraction of sp³-hybridized carbons (Fsp3) is 0.536. The maximum absolute atomic E-state index is 12.3. The molecule has 7 nitrogen and oxygen atoms in total. The van der Waals surface area contributed by atoms with E-state index >= 15 is 0 Å². The Morgan fingerprint density at radius 3 is 2.63 bits per heavy atom. The van der Waals surface area contributed by atoms with Crippen LogP contribution in [0, 0.1) is 24.7 Å². The molecule has 0 bridgehead atoms. The number of rotatable bonds is 9. The zero-order valence-corrected chi connectivity index (χ0v) is 21.3. The van der Waals surface area contributed by atoms with Gasteiger partial charge in [-0.25, -0.2) is 4.98 Å². The van der Waals surface area contributed by atoms with Crippen molar-refractivity contribution in [3.63, 3.8) is 0 Å². The summed E-state index contributed by atoms with van der Waals surface area (Å²) in [4.78, 5) is 29.0. The number of benzene rings is 1. The monoisotopic (exact) mass is 479 g/mol. The van der Waals surface area contributed by atoms with Gasteiger partial charge < -0.3 is 19.0 Å². The smallest absolute Gasteiger partial charge is 0.306 e. The number of carboxylic acid groups (broad SMARTS) is 1. The summed E-state index contributed by atoms with van der Waals surface area (Å²) in [7, 11) is 1.78. The van der Waals surface area contributed by atoms with E-state index in [9.17, 15) is 14.7 Å². The van der Waals surface area contributed by atoms with Crippen molar-refractivity contribution in [1.29, 1.82) is 0 Å². The summed E-state index contributed by atoms with van der Waals surface area (Å²) < 4.78 is 9.47. The Kier molecular flexibility index (Phi) is 7.75. The van der Waals surface area contributed by atoms with Gasteiger partial charge in [-0.05, 0) is 74.6 Å². The number of aliphatic carboxylic acids is 1. The van der Waals surface area contributed by atoms with Crippen LogP contribution in [0.2, 0.25) is 0 Å². The van der Waals surface area contributed by atoms with Gasteiger partial charge in [-0.15, -0.1) is 0 Å². The molecule has 1 aliphatic heterocycles. The van der Waals surface area contributed by atoms with Gasteiger partial charge in [0.1, 0.15) is 5.82 Å². The molecule has 0 spiro atoms. The molecule has 0 unspecified atom stereocenters. The number of aromatic nitrogens is 3. The second kappa shape index (κ2) is 10.8. The minimum Gasteiger partial charge on any atom is -0.481 e. The first-order chi connectivity index (χ1) is 16.7. The Morgan fingerprint density at radius 2 is 1.97 bits per heavy atom. The molecule has 188 valence electrons. The molecule has 2 aromatic heterocycles. The van der Waals surface area contributed by atoms with Crippen molar-refractivity contribution >= 4 is 17.0 Å². The number of ether oxygens (including phenoxy) is 1. The molecule has 1 saturated heterocycles. The summed E-state index contributed by atoms with van der Waals surface area (Å²) in [5, 5.41) is 9.61. The van der Waals surface area contributed by atoms with E-state index in [0.717, 1.165) is 60.6 Å². The van der Waals surface area contributed by atoms with E-state index in [2.05, 4.69) is 36.6 Å². The van der Waals surface area contributed by atoms with Crippen molar-refractivity contribution < 1.29 is 14.6 Å². The van der Waals surface area contributed by atoms with Crippen LogP contribution < -0.4 is 5.56 Å². The van der Waals surface area contributed by atoms with Crippen molar-refractivity contribution in [2.45, 2.75) is 59.4 Å². The highest BCUT2D eigenvalue weighted by molar-refractivity contribution is 5.81. The lowest BCUT2D eigenvalue weighted by molar-refractivity contribution is -0.142. The highest BCUT2D eigenvalue weighted by atomic mass is 16.5. The number of carboxylic acids is 1. The molecule has 0 saturated carbocycles. The topological polar surface area (TPSA) is 86.3 Å². The maximum Gasteiger partial charge on any atom is 0.306 e. The Balaban J connectivity index is 1.69. The molecule has 35 heavy (non-hydrogen) atoms. The van der Waals surface area contributed by atoms with Crippen LogP contribution in [-0.2, 0) is 29.5 Å². The Hall–Kier alpha value is -2.93. The number of fused-ring (bicyclic) bond motifs is 1. The zero-order valence-electron chi connectivity index (χ0n) is 21.3. The zero-order chi connectivity index (χ0) is 25.1. The standard InChI is InChI=1S/C28H37N3O4/c1-18(2)13-22(28(33)34)7-5-20-6-8-25-24(15-20)29-26(23-14-19(3)27(32)30(4)17-23)31(25)16-21-9-11-35-12-10-21/h6,8,14-15,17-18,21-22H,5,7,9-13,16H2,1-4H3,(H,33,34)/t22-/m0/s1. The minimum absolute atomic E-state index is 0.00231. The lowest BCUT2D eigenvalue weighted by atomic mass is 9.91. The quantitative estimate of drug-likeness (QED) is 0.476. The van der Waals surface area contributed by atoms with E-state index in [4.69, 9.17) is 9.72 Å². The van der Waals surface area contributed by atoms with Gasteiger partial charge in [0, 0.05) is 44.1 Å². The van der Waals surface area contributed by atoms with Crippen molar-refractivity contribution in [3.05, 3.63) is 51.9 Å². The SMILES string of the molecule is Cc1cc(-c2nc3cc(CC[C@@H](CC(C)C)C(=O)O)ccc3n2CC2CCOCC2)cn(C)c1=O. The fourth-order valence-electron chi connectivity index (χ4n) is 5.18. The summed E-state index contributed by atoms with van der Waals surface area (Å²) in [6.45, 7) is 8.40. The van der Waals surface area contributed by atoms with Gasteiger partial charge in [0.05, 0.1) is 17.0 Å². The molecular weight excluding hydrogens is 442 g/mol. The molecule has 0 amide bonds. The molecule has 1 N–H and O–H groups in total. The molecule has 0 radical (unpaired) electrons. The van der Waals surface area contributed by atoms with Gasteiger partial charge in [-0.1, -0.05) is 19.9 Å². The average Bonchev–Trinajstić information content (AvgIpc) is 3.17. The predicted molar refractivity (Wildman–Crippen MR) is 138 cm³/mol. The summed E-state index contributed by atoms with van der Waals surface area (Å²) in [5.41, 5.74) is 4.70. The average molecular weight is 480 g/mol. The van der Waals surface area contributed by atoms with E-state index in [1.807, 2.05) is 19.2 Å². The molecule has 4 rings (SSSR count). The minimum atomic E-state index is -0.715. The number of aryl methyl sites for hydroxylation is 3. The second-order valence-electron chi connectivity index (χ2n) is 10.5. The van der Waals surface area contributed by atoms with E-state index in [1.165, 1.54) is 0 Å². The Labute approximate surface area is 206 Å². The first-order valence-electron chi connectivity index (χ1n) is 12.7. The van der Waals surface area contributed by atoms with Crippen LogP contribution in [0.15, 0.2) is 35.3 Å². The van der Waals surface area contributed by atoms with Crippen LogP contribution in [0.25, 0.3) is 22.4 Å². The number of hydrogen-bond acceptors (Lipinski definition) is 4. The molecule has 0 aliphatic carbocycles. The normalized spacial score (nSPS) is 15.7. The van der Waals surface area contributed by atoms with Crippen LogP contribution in [0.5, 0.6) is 0 Å². The van der Waals surface area contributed by atoms with Gasteiger partial charge in [0.15, 0.2) is 0 Å². The van der Waals surface area contributed by atoms with Gasteiger partial charge in [0.2, 0.25) is 0 Å². The van der Waals surface area contributed by atoms with Crippen LogP contribution in [0.4, 0.5) is 0 Å². The molecule has 1 aromatic carbocycles. The van der Waals surface area contributed by atoms with Crippen molar-refractivity contribution in [3.8, 4) is 11.4 Å². The lowest BCUT2D eigenvalue weighted by Gasteiger charge is -2.23. The van der Waals surface area contributed by atoms with Gasteiger partial charge in [-0.2, -0.15) is 0 Å². The van der Waals surface area contributed by atoms with Crippen LogP contribution in [0.1, 0.15) is 50.7 Å². The van der Waals surface area contributed by atoms with Crippen LogP contribution in [0.3, 0.4) is 0 Å². The van der Waals surface area contributed by atoms with Crippen molar-refractivity contribution in [1.82, 2.24) is 14.1 Å². The first kappa shape index (κ1) is 25.2. The molecule has 1 atom stereocenters. The highest BCUT2D eigenvalue weighted by Gasteiger charge is 2.22. The largest absolute Gasteiger partial charge is 0.481 e. The number of imidazole rings is 1. The molecule has 1 fully saturated rings. The molecular formula is C28H37N3O4. The van der Waals surface area contributed by atoms with E-state index in [-0.39, 0.29) is 11.5 Å². The van der Waals surface area contributed by atoms with Crippen LogP contribution >= 0.6 is 0 Å². The second-order valence-corrected chi connectivity index (χ2v) is 10.5. The summed E-state index contributed by atoms with van der Waals surface area (Å²) in [5.74, 6) is 0.687. The van der Waals surface area contributed by atoms with E-state index < -0.39 is 5.97 Å².